The van der Waals surface area contributed by atoms with Crippen LogP contribution in [0.4, 0.5) is 0 Å². The van der Waals surface area contributed by atoms with Gasteiger partial charge in [0.2, 0.25) is 0 Å². The smallest absolute Gasteiger partial charge is 0.306 e. The van der Waals surface area contributed by atoms with Crippen molar-refractivity contribution in [2.24, 2.45) is 5.92 Å². The number of ether oxygens (including phenoxy) is 3. The molecule has 6 heteroatoms. The SMILES string of the molecule is CCCCCCCCCCCCCCCCCC(=O)O[C@H](COC(=O)CCCCCCC)COC(=O)CCCCCCCCCCCCCCCCCC(C)C. The summed E-state index contributed by atoms with van der Waals surface area (Å²) in [4.78, 5) is 37.6. The van der Waals surface area contributed by atoms with E-state index in [0.717, 1.165) is 70.1 Å². The highest BCUT2D eigenvalue weighted by Gasteiger charge is 2.19. The number of carbonyl (C=O) groups is 3. The average Bonchev–Trinajstić information content (AvgIpc) is 3.18. The Morgan fingerprint density at radius 2 is 0.589 bits per heavy atom. The summed E-state index contributed by atoms with van der Waals surface area (Å²) in [6, 6.07) is 0. The Balaban J connectivity index is 4.11. The molecule has 56 heavy (non-hydrogen) atoms. The highest BCUT2D eigenvalue weighted by molar-refractivity contribution is 5.71. The fourth-order valence-corrected chi connectivity index (χ4v) is 7.51. The van der Waals surface area contributed by atoms with Crippen molar-refractivity contribution in [1.29, 1.82) is 0 Å². The number of rotatable bonds is 45. The van der Waals surface area contributed by atoms with Gasteiger partial charge in [-0.3, -0.25) is 14.4 Å². The Bertz CT molecular complexity index is 841. The third kappa shape index (κ3) is 43.5. The highest BCUT2D eigenvalue weighted by atomic mass is 16.6. The summed E-state index contributed by atoms with van der Waals surface area (Å²) in [5.74, 6) is -0.0121. The van der Waals surface area contributed by atoms with Gasteiger partial charge in [-0.2, -0.15) is 0 Å². The summed E-state index contributed by atoms with van der Waals surface area (Å²) >= 11 is 0. The molecule has 0 N–H and O–H groups in total. The van der Waals surface area contributed by atoms with E-state index in [9.17, 15) is 14.4 Å². The van der Waals surface area contributed by atoms with Crippen LogP contribution in [0.1, 0.15) is 278 Å². The van der Waals surface area contributed by atoms with Gasteiger partial charge in [0.15, 0.2) is 6.10 Å². The molecule has 0 saturated carbocycles. The Labute approximate surface area is 348 Å². The molecule has 0 aliphatic heterocycles. The molecule has 0 heterocycles. The minimum Gasteiger partial charge on any atom is -0.462 e. The summed E-state index contributed by atoms with van der Waals surface area (Å²) in [6.45, 7) is 8.95. The van der Waals surface area contributed by atoms with Gasteiger partial charge in [-0.1, -0.05) is 240 Å². The van der Waals surface area contributed by atoms with Crippen LogP contribution >= 0.6 is 0 Å². The fraction of sp³-hybridized carbons (Fsp3) is 0.940. The third-order valence-corrected chi connectivity index (χ3v) is 11.3. The normalized spacial score (nSPS) is 11.9. The quantitative estimate of drug-likeness (QED) is 0.0347. The maximum Gasteiger partial charge on any atom is 0.306 e. The van der Waals surface area contributed by atoms with Crippen molar-refractivity contribution in [3.05, 3.63) is 0 Å². The minimum absolute atomic E-state index is 0.0640. The zero-order chi connectivity index (χ0) is 41.0. The molecule has 1 atom stereocenters. The molecule has 0 saturated heterocycles. The van der Waals surface area contributed by atoms with Crippen molar-refractivity contribution < 1.29 is 28.6 Å². The molecule has 0 rings (SSSR count). The lowest BCUT2D eigenvalue weighted by Gasteiger charge is -2.18. The van der Waals surface area contributed by atoms with E-state index < -0.39 is 6.10 Å². The molecule has 0 aliphatic carbocycles. The van der Waals surface area contributed by atoms with E-state index in [1.54, 1.807) is 0 Å². The molecule has 0 aliphatic rings. The van der Waals surface area contributed by atoms with Crippen LogP contribution in [-0.4, -0.2) is 37.2 Å². The molecule has 0 bridgehead atoms. The molecular weight excluding hydrogens is 697 g/mol. The Hall–Kier alpha value is -1.59. The van der Waals surface area contributed by atoms with E-state index in [2.05, 4.69) is 27.7 Å². The van der Waals surface area contributed by atoms with Gasteiger partial charge in [0.25, 0.3) is 0 Å². The van der Waals surface area contributed by atoms with Gasteiger partial charge in [0.1, 0.15) is 13.2 Å². The number of carbonyl (C=O) groups excluding carboxylic acids is 3. The second-order valence-electron chi connectivity index (χ2n) is 17.6. The highest BCUT2D eigenvalue weighted by Crippen LogP contribution is 2.17. The van der Waals surface area contributed by atoms with Crippen LogP contribution < -0.4 is 0 Å². The summed E-state index contributed by atoms with van der Waals surface area (Å²) in [5.41, 5.74) is 0. The van der Waals surface area contributed by atoms with E-state index in [4.69, 9.17) is 14.2 Å². The summed E-state index contributed by atoms with van der Waals surface area (Å²) < 4.78 is 16.7. The van der Waals surface area contributed by atoms with E-state index in [1.165, 1.54) is 167 Å². The molecular formula is C50H96O6. The monoisotopic (exact) mass is 793 g/mol. The average molecular weight is 793 g/mol. The zero-order valence-electron chi connectivity index (χ0n) is 38.1. The third-order valence-electron chi connectivity index (χ3n) is 11.3. The molecule has 0 amide bonds. The number of hydrogen-bond donors (Lipinski definition) is 0. The van der Waals surface area contributed by atoms with Crippen molar-refractivity contribution in [3.8, 4) is 0 Å². The van der Waals surface area contributed by atoms with Crippen LogP contribution in [0.3, 0.4) is 0 Å². The number of esters is 3. The first-order valence-corrected chi connectivity index (χ1v) is 24.9. The summed E-state index contributed by atoms with van der Waals surface area (Å²) in [5, 5.41) is 0. The van der Waals surface area contributed by atoms with Crippen molar-refractivity contribution in [1.82, 2.24) is 0 Å². The Morgan fingerprint density at radius 1 is 0.339 bits per heavy atom. The second-order valence-corrected chi connectivity index (χ2v) is 17.6. The first-order chi connectivity index (χ1) is 27.4. The molecule has 0 fully saturated rings. The largest absolute Gasteiger partial charge is 0.462 e. The van der Waals surface area contributed by atoms with E-state index in [0.29, 0.717) is 19.3 Å². The van der Waals surface area contributed by atoms with Crippen molar-refractivity contribution in [2.75, 3.05) is 13.2 Å². The first-order valence-electron chi connectivity index (χ1n) is 24.9. The predicted octanol–water partition coefficient (Wildman–Crippen LogP) is 15.9. The van der Waals surface area contributed by atoms with Crippen LogP contribution in [-0.2, 0) is 28.6 Å². The van der Waals surface area contributed by atoms with Crippen LogP contribution in [0.5, 0.6) is 0 Å². The lowest BCUT2D eigenvalue weighted by Crippen LogP contribution is -2.30. The molecule has 0 unspecified atom stereocenters. The van der Waals surface area contributed by atoms with Crippen LogP contribution in [0.2, 0.25) is 0 Å². The molecule has 0 aromatic rings. The van der Waals surface area contributed by atoms with Gasteiger partial charge in [-0.25, -0.2) is 0 Å². The molecule has 6 nitrogen and oxygen atoms in total. The molecule has 0 aromatic carbocycles. The lowest BCUT2D eigenvalue weighted by atomic mass is 10.0. The fourth-order valence-electron chi connectivity index (χ4n) is 7.51. The van der Waals surface area contributed by atoms with Gasteiger partial charge in [0, 0.05) is 19.3 Å². The predicted molar refractivity (Wildman–Crippen MR) is 238 cm³/mol. The van der Waals surface area contributed by atoms with Crippen molar-refractivity contribution in [2.45, 2.75) is 284 Å². The van der Waals surface area contributed by atoms with Crippen LogP contribution in [0, 0.1) is 5.92 Å². The molecule has 0 aromatic heterocycles. The summed E-state index contributed by atoms with van der Waals surface area (Å²) in [7, 11) is 0. The first kappa shape index (κ1) is 54.4. The van der Waals surface area contributed by atoms with E-state index >= 15 is 0 Å². The van der Waals surface area contributed by atoms with Gasteiger partial charge in [-0.15, -0.1) is 0 Å². The van der Waals surface area contributed by atoms with Crippen molar-refractivity contribution >= 4 is 17.9 Å². The van der Waals surface area contributed by atoms with Gasteiger partial charge < -0.3 is 14.2 Å². The molecule has 0 radical (unpaired) electrons. The number of hydrogen-bond acceptors (Lipinski definition) is 6. The summed E-state index contributed by atoms with van der Waals surface area (Å²) in [6.07, 6.45) is 45.5. The van der Waals surface area contributed by atoms with Gasteiger partial charge in [0.05, 0.1) is 0 Å². The Kier molecular flexibility index (Phi) is 43.2. The van der Waals surface area contributed by atoms with Gasteiger partial charge >= 0.3 is 17.9 Å². The second kappa shape index (κ2) is 44.5. The van der Waals surface area contributed by atoms with Crippen molar-refractivity contribution in [3.63, 3.8) is 0 Å². The van der Waals surface area contributed by atoms with Crippen LogP contribution in [0.25, 0.3) is 0 Å². The zero-order valence-corrected chi connectivity index (χ0v) is 38.1. The van der Waals surface area contributed by atoms with E-state index in [-0.39, 0.29) is 31.1 Å². The van der Waals surface area contributed by atoms with Crippen LogP contribution in [0.15, 0.2) is 0 Å². The number of unbranched alkanes of at least 4 members (excludes halogenated alkanes) is 32. The minimum atomic E-state index is -0.758. The standard InChI is InChI=1S/C50H96O6/c1-5-7-9-11-12-13-14-15-17-22-25-28-31-35-39-43-50(53)56-47(44-54-48(51)41-37-32-10-8-6-2)45-55-49(52)42-38-34-30-27-24-21-19-16-18-20-23-26-29-33-36-40-46(3)4/h46-47H,5-45H2,1-4H3/t47-/m1/s1. The van der Waals surface area contributed by atoms with E-state index in [1.807, 2.05) is 0 Å². The topological polar surface area (TPSA) is 78.9 Å². The lowest BCUT2D eigenvalue weighted by molar-refractivity contribution is -0.167. The molecule has 332 valence electrons. The molecule has 0 spiro atoms. The van der Waals surface area contributed by atoms with Gasteiger partial charge in [-0.05, 0) is 25.2 Å². The Morgan fingerprint density at radius 3 is 0.875 bits per heavy atom. The maximum atomic E-state index is 12.7. The maximum absolute atomic E-state index is 12.7.